The van der Waals surface area contributed by atoms with Crippen molar-refractivity contribution in [2.24, 2.45) is 5.41 Å². The lowest BCUT2D eigenvalue weighted by atomic mass is 9.95. The van der Waals surface area contributed by atoms with Crippen LogP contribution in [0.1, 0.15) is 13.8 Å². The van der Waals surface area contributed by atoms with E-state index in [0.29, 0.717) is 12.4 Å². The zero-order valence-corrected chi connectivity index (χ0v) is 8.43. The highest BCUT2D eigenvalue weighted by Crippen LogP contribution is 2.33. The zero-order chi connectivity index (χ0) is 10.2. The maximum Gasteiger partial charge on any atom is 0.178 e. The molecule has 0 fully saturated rings. The number of fused-ring (bicyclic) bond motifs is 1. The number of hydrogen-bond donors (Lipinski definition) is 1. The summed E-state index contributed by atoms with van der Waals surface area (Å²) in [5, 5.41) is 3.19. The van der Waals surface area contributed by atoms with E-state index >= 15 is 0 Å². The first-order valence-corrected chi connectivity index (χ1v) is 4.74. The van der Waals surface area contributed by atoms with E-state index in [1.807, 2.05) is 6.07 Å². The van der Waals surface area contributed by atoms with Crippen LogP contribution in [0.3, 0.4) is 0 Å². The average molecular weight is 195 g/mol. The molecule has 0 spiro atoms. The number of halogens is 1. The molecule has 1 heterocycles. The summed E-state index contributed by atoms with van der Waals surface area (Å²) in [5.74, 6) is 0.0470. The van der Waals surface area contributed by atoms with Gasteiger partial charge >= 0.3 is 0 Å². The molecule has 0 amide bonds. The molecule has 0 bridgehead atoms. The summed E-state index contributed by atoms with van der Waals surface area (Å²) in [5.41, 5.74) is 0.779. The van der Waals surface area contributed by atoms with Gasteiger partial charge in [0.1, 0.15) is 0 Å². The van der Waals surface area contributed by atoms with Crippen LogP contribution in [0.25, 0.3) is 0 Å². The second-order valence-electron chi connectivity index (χ2n) is 4.42. The fourth-order valence-electron chi connectivity index (χ4n) is 1.45. The highest BCUT2D eigenvalue weighted by atomic mass is 19.1. The monoisotopic (exact) mass is 195 g/mol. The highest BCUT2D eigenvalue weighted by Gasteiger charge is 2.24. The SMILES string of the molecule is CC1(C)CNc2cccc(F)c2OC1. The topological polar surface area (TPSA) is 21.3 Å². The number of ether oxygens (including phenoxy) is 1. The van der Waals surface area contributed by atoms with Gasteiger partial charge in [0.25, 0.3) is 0 Å². The molecule has 0 aliphatic carbocycles. The van der Waals surface area contributed by atoms with Gasteiger partial charge in [-0.2, -0.15) is 0 Å². The van der Waals surface area contributed by atoms with E-state index in [-0.39, 0.29) is 11.2 Å². The Morgan fingerprint density at radius 3 is 3.00 bits per heavy atom. The van der Waals surface area contributed by atoms with Gasteiger partial charge in [0.15, 0.2) is 11.6 Å². The Morgan fingerprint density at radius 1 is 1.43 bits per heavy atom. The Bertz CT molecular complexity index is 349. The van der Waals surface area contributed by atoms with Crippen LogP contribution in [-0.4, -0.2) is 13.2 Å². The molecule has 1 aromatic rings. The van der Waals surface area contributed by atoms with Crippen molar-refractivity contribution in [2.75, 3.05) is 18.5 Å². The molecular weight excluding hydrogens is 181 g/mol. The molecule has 0 aromatic heterocycles. The van der Waals surface area contributed by atoms with Crippen LogP contribution in [0.2, 0.25) is 0 Å². The predicted octanol–water partition coefficient (Wildman–Crippen LogP) is 2.66. The number of anilines is 1. The molecule has 0 unspecified atom stereocenters. The zero-order valence-electron chi connectivity index (χ0n) is 8.43. The second-order valence-corrected chi connectivity index (χ2v) is 4.42. The van der Waals surface area contributed by atoms with E-state index in [1.54, 1.807) is 6.07 Å². The van der Waals surface area contributed by atoms with Crippen LogP contribution >= 0.6 is 0 Å². The third-order valence-corrected chi connectivity index (χ3v) is 2.33. The van der Waals surface area contributed by atoms with Crippen molar-refractivity contribution in [1.29, 1.82) is 0 Å². The number of para-hydroxylation sites is 1. The maximum atomic E-state index is 13.3. The van der Waals surface area contributed by atoms with Gasteiger partial charge in [0.2, 0.25) is 0 Å². The fourth-order valence-corrected chi connectivity index (χ4v) is 1.45. The third kappa shape index (κ3) is 1.67. The molecule has 1 aliphatic heterocycles. The molecule has 0 saturated carbocycles. The van der Waals surface area contributed by atoms with Crippen molar-refractivity contribution in [3.8, 4) is 5.75 Å². The standard InChI is InChI=1S/C11H14FNO/c1-11(2)6-13-9-5-3-4-8(12)10(9)14-7-11/h3-5,13H,6-7H2,1-2H3. The van der Waals surface area contributed by atoms with Gasteiger partial charge in [0, 0.05) is 12.0 Å². The van der Waals surface area contributed by atoms with Gasteiger partial charge in [-0.3, -0.25) is 0 Å². The summed E-state index contributed by atoms with van der Waals surface area (Å²) in [6, 6.07) is 4.93. The van der Waals surface area contributed by atoms with Crippen LogP contribution in [0, 0.1) is 11.2 Å². The number of nitrogens with one attached hydrogen (secondary N) is 1. The van der Waals surface area contributed by atoms with Gasteiger partial charge in [-0.1, -0.05) is 19.9 Å². The first-order chi connectivity index (χ1) is 6.58. The van der Waals surface area contributed by atoms with E-state index in [1.165, 1.54) is 6.07 Å². The van der Waals surface area contributed by atoms with Crippen LogP contribution in [0.4, 0.5) is 10.1 Å². The quantitative estimate of drug-likeness (QED) is 0.687. The smallest absolute Gasteiger partial charge is 0.178 e. The van der Waals surface area contributed by atoms with Crippen LogP contribution in [0.15, 0.2) is 18.2 Å². The van der Waals surface area contributed by atoms with Crippen molar-refractivity contribution >= 4 is 5.69 Å². The molecule has 3 heteroatoms. The van der Waals surface area contributed by atoms with Crippen LogP contribution < -0.4 is 10.1 Å². The third-order valence-electron chi connectivity index (χ3n) is 2.33. The normalized spacial score (nSPS) is 18.8. The summed E-state index contributed by atoms with van der Waals surface area (Å²) in [4.78, 5) is 0. The van der Waals surface area contributed by atoms with Gasteiger partial charge in [-0.15, -0.1) is 0 Å². The summed E-state index contributed by atoms with van der Waals surface area (Å²) in [6.45, 7) is 5.50. The summed E-state index contributed by atoms with van der Waals surface area (Å²) in [6.07, 6.45) is 0. The van der Waals surface area contributed by atoms with Gasteiger partial charge < -0.3 is 10.1 Å². The molecule has 0 saturated heterocycles. The van der Waals surface area contributed by atoms with Crippen molar-refractivity contribution in [3.05, 3.63) is 24.0 Å². The minimum atomic E-state index is -0.298. The molecule has 14 heavy (non-hydrogen) atoms. The maximum absolute atomic E-state index is 13.3. The summed E-state index contributed by atoms with van der Waals surface area (Å²) in [7, 11) is 0. The van der Waals surface area contributed by atoms with Crippen molar-refractivity contribution in [1.82, 2.24) is 0 Å². The lowest BCUT2D eigenvalue weighted by Gasteiger charge is -2.20. The van der Waals surface area contributed by atoms with Crippen molar-refractivity contribution < 1.29 is 9.13 Å². The Labute approximate surface area is 83.1 Å². The van der Waals surface area contributed by atoms with Crippen molar-refractivity contribution in [2.45, 2.75) is 13.8 Å². The van der Waals surface area contributed by atoms with E-state index in [9.17, 15) is 4.39 Å². The molecule has 1 aromatic carbocycles. The number of benzene rings is 1. The van der Waals surface area contributed by atoms with Gasteiger partial charge in [0.05, 0.1) is 12.3 Å². The number of rotatable bonds is 0. The second kappa shape index (κ2) is 3.15. The Kier molecular flexibility index (Phi) is 2.10. The van der Waals surface area contributed by atoms with Crippen LogP contribution in [0.5, 0.6) is 5.75 Å². The molecule has 1 N–H and O–H groups in total. The first kappa shape index (κ1) is 9.31. The Morgan fingerprint density at radius 2 is 2.21 bits per heavy atom. The van der Waals surface area contributed by atoms with E-state index in [0.717, 1.165) is 12.2 Å². The lowest BCUT2D eigenvalue weighted by Crippen LogP contribution is -2.27. The summed E-state index contributed by atoms with van der Waals surface area (Å²) >= 11 is 0. The molecule has 0 atom stereocenters. The van der Waals surface area contributed by atoms with Crippen molar-refractivity contribution in [3.63, 3.8) is 0 Å². The highest BCUT2D eigenvalue weighted by molar-refractivity contribution is 5.57. The molecular formula is C11H14FNO. The molecule has 76 valence electrons. The first-order valence-electron chi connectivity index (χ1n) is 4.74. The summed E-state index contributed by atoms with van der Waals surface area (Å²) < 4.78 is 18.8. The molecule has 2 rings (SSSR count). The van der Waals surface area contributed by atoms with E-state index in [2.05, 4.69) is 19.2 Å². The van der Waals surface area contributed by atoms with E-state index in [4.69, 9.17) is 4.74 Å². The molecule has 0 radical (unpaired) electrons. The Balaban J connectivity index is 2.34. The minimum absolute atomic E-state index is 0.0332. The largest absolute Gasteiger partial charge is 0.488 e. The Hall–Kier alpha value is -1.25. The molecule has 2 nitrogen and oxygen atoms in total. The van der Waals surface area contributed by atoms with E-state index < -0.39 is 0 Å². The van der Waals surface area contributed by atoms with Gasteiger partial charge in [-0.05, 0) is 12.1 Å². The number of hydrogen-bond acceptors (Lipinski definition) is 2. The van der Waals surface area contributed by atoms with Crippen LogP contribution in [-0.2, 0) is 0 Å². The molecule has 1 aliphatic rings. The lowest BCUT2D eigenvalue weighted by molar-refractivity contribution is 0.194. The minimum Gasteiger partial charge on any atom is -0.488 e. The predicted molar refractivity (Wildman–Crippen MR) is 54.2 cm³/mol. The average Bonchev–Trinajstić information content (AvgIpc) is 2.27. The fraction of sp³-hybridized carbons (Fsp3) is 0.455. The van der Waals surface area contributed by atoms with Gasteiger partial charge in [-0.25, -0.2) is 4.39 Å².